The van der Waals surface area contributed by atoms with Crippen molar-refractivity contribution in [1.29, 1.82) is 0 Å². The van der Waals surface area contributed by atoms with Crippen molar-refractivity contribution in [3.63, 3.8) is 0 Å². The molecule has 0 aliphatic rings. The van der Waals surface area contributed by atoms with E-state index in [4.69, 9.17) is 4.74 Å². The van der Waals surface area contributed by atoms with Gasteiger partial charge in [0.05, 0.1) is 6.61 Å². The van der Waals surface area contributed by atoms with Crippen molar-refractivity contribution < 1.29 is 14.6 Å². The van der Waals surface area contributed by atoms with Gasteiger partial charge in [-0.05, 0) is 28.8 Å². The lowest BCUT2D eigenvalue weighted by Gasteiger charge is -2.13. The van der Waals surface area contributed by atoms with Crippen LogP contribution in [0.5, 0.6) is 5.88 Å². The molecule has 0 aliphatic carbocycles. The molecule has 1 N–H and O–H groups in total. The fourth-order valence-corrected chi connectivity index (χ4v) is 2.42. The van der Waals surface area contributed by atoms with E-state index < -0.39 is 23.0 Å². The van der Waals surface area contributed by atoms with Gasteiger partial charge in [0.25, 0.3) is 5.56 Å². The van der Waals surface area contributed by atoms with Gasteiger partial charge in [-0.2, -0.15) is 9.61 Å². The fraction of sp³-hybridized carbons (Fsp3) is 0.462. The zero-order chi connectivity index (χ0) is 15.7. The maximum Gasteiger partial charge on any atom is 0.349 e. The first-order valence-electron chi connectivity index (χ1n) is 6.55. The molecule has 114 valence electrons. The van der Waals surface area contributed by atoms with E-state index in [0.717, 1.165) is 4.52 Å². The first kappa shape index (κ1) is 15.6. The van der Waals surface area contributed by atoms with Gasteiger partial charge >= 0.3 is 5.97 Å². The first-order valence-corrected chi connectivity index (χ1v) is 7.34. The van der Waals surface area contributed by atoms with Gasteiger partial charge in [0.2, 0.25) is 5.88 Å². The van der Waals surface area contributed by atoms with Crippen molar-refractivity contribution in [2.45, 2.75) is 27.3 Å². The van der Waals surface area contributed by atoms with Crippen molar-refractivity contribution >= 4 is 27.5 Å². The first-order chi connectivity index (χ1) is 9.86. The third-order valence-electron chi connectivity index (χ3n) is 2.85. The number of hydrogen-bond donors (Lipinski definition) is 1. The SMILES string of the molecule is CCOC(=O)c1c(O)n2nc(Br)cc2n(CC(C)C)c1=O. The molecule has 0 aliphatic heterocycles. The molecular formula is C13H16BrN3O4. The summed E-state index contributed by atoms with van der Waals surface area (Å²) in [5.74, 6) is -1.19. The van der Waals surface area contributed by atoms with Crippen molar-refractivity contribution in [1.82, 2.24) is 14.2 Å². The number of aromatic hydroxyl groups is 1. The molecule has 7 nitrogen and oxygen atoms in total. The van der Waals surface area contributed by atoms with E-state index in [1.165, 1.54) is 4.57 Å². The number of fused-ring (bicyclic) bond motifs is 1. The molecule has 2 heterocycles. The monoisotopic (exact) mass is 357 g/mol. The summed E-state index contributed by atoms with van der Waals surface area (Å²) in [4.78, 5) is 24.4. The third kappa shape index (κ3) is 2.80. The number of ether oxygens (including phenoxy) is 1. The van der Waals surface area contributed by atoms with Crippen LogP contribution in [0.4, 0.5) is 0 Å². The van der Waals surface area contributed by atoms with Crippen LogP contribution in [-0.2, 0) is 11.3 Å². The Balaban J connectivity index is 2.80. The fourth-order valence-electron chi connectivity index (χ4n) is 2.06. The molecule has 0 bridgehead atoms. The van der Waals surface area contributed by atoms with Crippen LogP contribution in [0.3, 0.4) is 0 Å². The van der Waals surface area contributed by atoms with Gasteiger partial charge in [-0.15, -0.1) is 0 Å². The van der Waals surface area contributed by atoms with E-state index in [9.17, 15) is 14.7 Å². The summed E-state index contributed by atoms with van der Waals surface area (Å²) < 4.78 is 7.86. The largest absolute Gasteiger partial charge is 0.492 e. The predicted octanol–water partition coefficient (Wildman–Crippen LogP) is 1.80. The number of hydrogen-bond acceptors (Lipinski definition) is 5. The minimum atomic E-state index is -0.856. The van der Waals surface area contributed by atoms with Crippen LogP contribution in [0.25, 0.3) is 5.65 Å². The van der Waals surface area contributed by atoms with Crippen LogP contribution in [0, 0.1) is 5.92 Å². The molecule has 0 atom stereocenters. The zero-order valence-electron chi connectivity index (χ0n) is 12.0. The van der Waals surface area contributed by atoms with Gasteiger partial charge in [0.1, 0.15) is 10.3 Å². The minimum absolute atomic E-state index is 0.114. The topological polar surface area (TPSA) is 85.8 Å². The van der Waals surface area contributed by atoms with E-state index in [-0.39, 0.29) is 12.5 Å². The summed E-state index contributed by atoms with van der Waals surface area (Å²) in [5, 5.41) is 14.2. The van der Waals surface area contributed by atoms with Crippen molar-refractivity contribution in [3.05, 3.63) is 26.6 Å². The minimum Gasteiger partial charge on any atom is -0.492 e. The van der Waals surface area contributed by atoms with Crippen LogP contribution < -0.4 is 5.56 Å². The molecule has 0 saturated carbocycles. The van der Waals surface area contributed by atoms with E-state index in [1.54, 1.807) is 13.0 Å². The molecule has 21 heavy (non-hydrogen) atoms. The highest BCUT2D eigenvalue weighted by Crippen LogP contribution is 2.20. The molecular weight excluding hydrogens is 342 g/mol. The number of halogens is 1. The molecule has 0 radical (unpaired) electrons. The Kier molecular flexibility index (Phi) is 4.36. The average molecular weight is 358 g/mol. The molecule has 0 saturated heterocycles. The second-order valence-corrected chi connectivity index (χ2v) is 5.78. The quantitative estimate of drug-likeness (QED) is 0.843. The Morgan fingerprint density at radius 1 is 1.52 bits per heavy atom. The Labute approximate surface area is 129 Å². The second-order valence-electron chi connectivity index (χ2n) is 4.97. The number of carbonyl (C=O) groups excluding carboxylic acids is 1. The molecule has 0 unspecified atom stereocenters. The smallest absolute Gasteiger partial charge is 0.349 e. The van der Waals surface area contributed by atoms with Crippen molar-refractivity contribution in [2.75, 3.05) is 6.61 Å². The van der Waals surface area contributed by atoms with Crippen LogP contribution in [0.1, 0.15) is 31.1 Å². The second kappa shape index (κ2) is 5.88. The Morgan fingerprint density at radius 3 is 2.76 bits per heavy atom. The Morgan fingerprint density at radius 2 is 2.19 bits per heavy atom. The van der Waals surface area contributed by atoms with Crippen LogP contribution in [-0.4, -0.2) is 31.9 Å². The summed E-state index contributed by atoms with van der Waals surface area (Å²) in [6.07, 6.45) is 0. The lowest BCUT2D eigenvalue weighted by Crippen LogP contribution is -2.31. The Bertz CT molecular complexity index is 748. The molecule has 0 fully saturated rings. The number of carbonyl (C=O) groups is 1. The van der Waals surface area contributed by atoms with Crippen molar-refractivity contribution in [3.8, 4) is 5.88 Å². The lowest BCUT2D eigenvalue weighted by molar-refractivity contribution is 0.0518. The van der Waals surface area contributed by atoms with Gasteiger partial charge in [-0.1, -0.05) is 13.8 Å². The molecule has 0 spiro atoms. The van der Waals surface area contributed by atoms with Crippen LogP contribution in [0.2, 0.25) is 0 Å². The summed E-state index contributed by atoms with van der Waals surface area (Å²) in [7, 11) is 0. The normalized spacial score (nSPS) is 11.3. The van der Waals surface area contributed by atoms with Gasteiger partial charge in [0, 0.05) is 12.6 Å². The van der Waals surface area contributed by atoms with Crippen LogP contribution in [0.15, 0.2) is 15.5 Å². The van der Waals surface area contributed by atoms with E-state index in [2.05, 4.69) is 21.0 Å². The van der Waals surface area contributed by atoms with Crippen LogP contribution >= 0.6 is 15.9 Å². The summed E-state index contributed by atoms with van der Waals surface area (Å²) in [5.41, 5.74) is -0.578. The van der Waals surface area contributed by atoms with E-state index in [0.29, 0.717) is 16.8 Å². The summed E-state index contributed by atoms with van der Waals surface area (Å²) in [6, 6.07) is 1.61. The lowest BCUT2D eigenvalue weighted by atomic mass is 10.2. The predicted molar refractivity (Wildman–Crippen MR) is 79.6 cm³/mol. The van der Waals surface area contributed by atoms with E-state index in [1.807, 2.05) is 13.8 Å². The zero-order valence-corrected chi connectivity index (χ0v) is 13.5. The Hall–Kier alpha value is -1.83. The van der Waals surface area contributed by atoms with Gasteiger partial charge < -0.3 is 9.84 Å². The highest BCUT2D eigenvalue weighted by Gasteiger charge is 2.25. The van der Waals surface area contributed by atoms with Gasteiger partial charge in [0.15, 0.2) is 5.56 Å². The highest BCUT2D eigenvalue weighted by molar-refractivity contribution is 9.10. The molecule has 2 aromatic rings. The van der Waals surface area contributed by atoms with Gasteiger partial charge in [-0.25, -0.2) is 4.79 Å². The van der Waals surface area contributed by atoms with E-state index >= 15 is 0 Å². The summed E-state index contributed by atoms with van der Waals surface area (Å²) >= 11 is 3.20. The maximum absolute atomic E-state index is 12.5. The third-order valence-corrected chi connectivity index (χ3v) is 3.24. The number of rotatable bonds is 4. The summed E-state index contributed by atoms with van der Waals surface area (Å²) in [6.45, 7) is 6.04. The number of aromatic nitrogens is 3. The number of esters is 1. The highest BCUT2D eigenvalue weighted by atomic mass is 79.9. The molecule has 2 rings (SSSR count). The average Bonchev–Trinajstić information content (AvgIpc) is 2.77. The molecule has 2 aromatic heterocycles. The molecule has 8 heteroatoms. The van der Waals surface area contributed by atoms with Crippen molar-refractivity contribution in [2.24, 2.45) is 5.92 Å². The molecule has 0 amide bonds. The standard InChI is InChI=1S/C13H16BrN3O4/c1-4-21-13(20)10-11(18)16(6-7(2)3)9-5-8(14)15-17(9)12(10)19/h5,7,19H,4,6H2,1-3H3. The number of nitrogens with zero attached hydrogens (tertiary/aromatic N) is 3. The van der Waals surface area contributed by atoms with Gasteiger partial charge in [-0.3, -0.25) is 9.36 Å². The molecule has 0 aromatic carbocycles. The maximum atomic E-state index is 12.5.